The van der Waals surface area contributed by atoms with Gasteiger partial charge in [0.1, 0.15) is 6.07 Å². The second-order valence-corrected chi connectivity index (χ2v) is 5.99. The average molecular weight is 273 g/mol. The number of hydrogen-bond donors (Lipinski definition) is 0. The van der Waals surface area contributed by atoms with Crippen molar-refractivity contribution in [3.8, 4) is 6.07 Å². The van der Waals surface area contributed by atoms with Crippen molar-refractivity contribution in [3.05, 3.63) is 18.0 Å². The molecule has 0 spiro atoms. The molecule has 5 nitrogen and oxygen atoms in total. The zero-order valence-corrected chi connectivity index (χ0v) is 12.0. The van der Waals surface area contributed by atoms with Crippen LogP contribution in [0.25, 0.3) is 0 Å². The van der Waals surface area contributed by atoms with Gasteiger partial charge in [-0.15, -0.1) is 0 Å². The van der Waals surface area contributed by atoms with Gasteiger partial charge in [-0.2, -0.15) is 10.4 Å². The van der Waals surface area contributed by atoms with Crippen LogP contribution >= 0.6 is 0 Å². The zero-order valence-electron chi connectivity index (χ0n) is 12.0. The summed E-state index contributed by atoms with van der Waals surface area (Å²) in [6.07, 6.45) is 9.06. The van der Waals surface area contributed by atoms with Crippen molar-refractivity contribution < 1.29 is 0 Å². The van der Waals surface area contributed by atoms with Gasteiger partial charge in [-0.05, 0) is 25.9 Å². The van der Waals surface area contributed by atoms with Crippen molar-refractivity contribution in [2.24, 2.45) is 0 Å². The first-order valence-electron chi connectivity index (χ1n) is 7.74. The zero-order chi connectivity index (χ0) is 13.8. The molecule has 0 atom stereocenters. The molecule has 0 unspecified atom stereocenters. The fourth-order valence-corrected chi connectivity index (χ4v) is 3.13. The fraction of sp³-hybridized carbons (Fsp3) is 0.733. The summed E-state index contributed by atoms with van der Waals surface area (Å²) >= 11 is 0. The lowest BCUT2D eigenvalue weighted by Crippen LogP contribution is -2.50. The van der Waals surface area contributed by atoms with E-state index < -0.39 is 0 Å². The molecule has 0 bridgehead atoms. The van der Waals surface area contributed by atoms with Crippen LogP contribution in [0.5, 0.6) is 0 Å². The minimum atomic E-state index is 0.459. The third kappa shape index (κ3) is 3.20. The van der Waals surface area contributed by atoms with Gasteiger partial charge in [0.15, 0.2) is 0 Å². The summed E-state index contributed by atoms with van der Waals surface area (Å²) in [5.74, 6) is 0. The van der Waals surface area contributed by atoms with Crippen LogP contribution in [-0.2, 0) is 0 Å². The number of likely N-dealkylation sites (tertiary alicyclic amines) is 2. The van der Waals surface area contributed by atoms with Crippen molar-refractivity contribution in [2.45, 2.75) is 31.7 Å². The first-order chi connectivity index (χ1) is 9.85. The Labute approximate surface area is 120 Å². The summed E-state index contributed by atoms with van der Waals surface area (Å²) in [5, 5.41) is 13.1. The van der Waals surface area contributed by atoms with Crippen molar-refractivity contribution in [3.63, 3.8) is 0 Å². The third-order valence-electron chi connectivity index (χ3n) is 4.47. The molecule has 2 fully saturated rings. The summed E-state index contributed by atoms with van der Waals surface area (Å²) in [7, 11) is 0. The van der Waals surface area contributed by atoms with Crippen LogP contribution in [0.3, 0.4) is 0 Å². The number of aromatic nitrogens is 2. The largest absolute Gasteiger partial charge is 0.302 e. The number of rotatable bonds is 4. The Morgan fingerprint density at radius 2 is 1.80 bits per heavy atom. The maximum Gasteiger partial charge on any atom is 0.102 e. The van der Waals surface area contributed by atoms with E-state index in [0.29, 0.717) is 11.6 Å². The number of nitrogens with zero attached hydrogens (tertiary/aromatic N) is 5. The Bertz CT molecular complexity index is 461. The predicted octanol–water partition coefficient (Wildman–Crippen LogP) is 1.49. The summed E-state index contributed by atoms with van der Waals surface area (Å²) in [6.45, 7) is 7.07. The van der Waals surface area contributed by atoms with Crippen LogP contribution < -0.4 is 0 Å². The lowest BCUT2D eigenvalue weighted by atomic mass is 10.1. The van der Waals surface area contributed by atoms with E-state index in [1.54, 1.807) is 6.20 Å². The maximum absolute atomic E-state index is 8.81. The van der Waals surface area contributed by atoms with Crippen LogP contribution in [0, 0.1) is 11.3 Å². The quantitative estimate of drug-likeness (QED) is 0.834. The third-order valence-corrected chi connectivity index (χ3v) is 4.47. The predicted molar refractivity (Wildman–Crippen MR) is 77.3 cm³/mol. The van der Waals surface area contributed by atoms with Gasteiger partial charge >= 0.3 is 0 Å². The van der Waals surface area contributed by atoms with Gasteiger partial charge in [-0.25, -0.2) is 0 Å². The normalized spacial score (nSPS) is 22.1. The summed E-state index contributed by atoms with van der Waals surface area (Å²) in [6, 6.07) is 2.59. The van der Waals surface area contributed by atoms with E-state index in [0.717, 1.165) is 13.1 Å². The van der Waals surface area contributed by atoms with Crippen molar-refractivity contribution in [1.29, 1.82) is 5.26 Å². The molecule has 0 N–H and O–H groups in total. The smallest absolute Gasteiger partial charge is 0.102 e. The molecule has 3 heterocycles. The summed E-state index contributed by atoms with van der Waals surface area (Å²) in [5.41, 5.74) is 0.660. The topological polar surface area (TPSA) is 48.1 Å². The van der Waals surface area contributed by atoms with Crippen molar-refractivity contribution in [1.82, 2.24) is 19.6 Å². The van der Waals surface area contributed by atoms with Crippen LogP contribution in [0.1, 0.15) is 37.3 Å². The molecule has 5 heteroatoms. The Balaban J connectivity index is 1.38. The van der Waals surface area contributed by atoms with Gasteiger partial charge in [0.25, 0.3) is 0 Å². The molecule has 0 saturated carbocycles. The second kappa shape index (κ2) is 6.38. The van der Waals surface area contributed by atoms with Crippen LogP contribution in [0.4, 0.5) is 0 Å². The van der Waals surface area contributed by atoms with E-state index in [-0.39, 0.29) is 0 Å². The molecule has 0 amide bonds. The highest BCUT2D eigenvalue weighted by Gasteiger charge is 2.28. The van der Waals surface area contributed by atoms with E-state index in [2.05, 4.69) is 21.0 Å². The molecule has 1 aromatic heterocycles. The monoisotopic (exact) mass is 273 g/mol. The van der Waals surface area contributed by atoms with Gasteiger partial charge in [0.2, 0.25) is 0 Å². The minimum Gasteiger partial charge on any atom is -0.302 e. The lowest BCUT2D eigenvalue weighted by molar-refractivity contribution is 0.0846. The molecule has 0 aromatic carbocycles. The second-order valence-electron chi connectivity index (χ2n) is 5.99. The molecule has 1 aromatic rings. The molecule has 2 aliphatic heterocycles. The van der Waals surface area contributed by atoms with E-state index in [1.165, 1.54) is 51.9 Å². The first kappa shape index (κ1) is 13.6. The van der Waals surface area contributed by atoms with Gasteiger partial charge < -0.3 is 4.90 Å². The van der Waals surface area contributed by atoms with Gasteiger partial charge in [0, 0.05) is 32.4 Å². The standard InChI is InChI=1S/C15H23N5/c16-9-14-10-17-20(11-14)15-12-19(13-15)8-7-18-5-3-1-2-4-6-18/h10-11,15H,1-8,12-13H2. The van der Waals surface area contributed by atoms with E-state index in [1.807, 2.05) is 10.9 Å². The highest BCUT2D eigenvalue weighted by atomic mass is 15.4. The van der Waals surface area contributed by atoms with Crippen molar-refractivity contribution >= 4 is 0 Å². The Morgan fingerprint density at radius 1 is 1.10 bits per heavy atom. The van der Waals surface area contributed by atoms with E-state index >= 15 is 0 Å². The summed E-state index contributed by atoms with van der Waals surface area (Å²) < 4.78 is 1.95. The Hall–Kier alpha value is -1.38. The molecular formula is C15H23N5. The van der Waals surface area contributed by atoms with Crippen molar-refractivity contribution in [2.75, 3.05) is 39.3 Å². The molecular weight excluding hydrogens is 250 g/mol. The van der Waals surface area contributed by atoms with E-state index in [9.17, 15) is 0 Å². The average Bonchev–Trinajstić information content (AvgIpc) is 2.73. The van der Waals surface area contributed by atoms with Crippen LogP contribution in [0.15, 0.2) is 12.4 Å². The van der Waals surface area contributed by atoms with Gasteiger partial charge in [-0.3, -0.25) is 9.58 Å². The fourth-order valence-electron chi connectivity index (χ4n) is 3.13. The lowest BCUT2D eigenvalue weighted by Gasteiger charge is -2.40. The molecule has 20 heavy (non-hydrogen) atoms. The molecule has 0 aliphatic carbocycles. The Kier molecular flexibility index (Phi) is 4.34. The SMILES string of the molecule is N#Cc1cnn(C2CN(CCN3CCCCCC3)C2)c1. The summed E-state index contributed by atoms with van der Waals surface area (Å²) in [4.78, 5) is 5.10. The van der Waals surface area contributed by atoms with E-state index in [4.69, 9.17) is 5.26 Å². The molecule has 2 aliphatic rings. The van der Waals surface area contributed by atoms with Crippen LogP contribution in [0.2, 0.25) is 0 Å². The Morgan fingerprint density at radius 3 is 2.45 bits per heavy atom. The number of hydrogen-bond acceptors (Lipinski definition) is 4. The first-order valence-corrected chi connectivity index (χ1v) is 7.74. The van der Waals surface area contributed by atoms with Crippen LogP contribution in [-0.4, -0.2) is 58.8 Å². The van der Waals surface area contributed by atoms with Gasteiger partial charge in [0.05, 0.1) is 17.8 Å². The molecule has 0 radical (unpaired) electrons. The highest BCUT2D eigenvalue weighted by molar-refractivity contribution is 5.22. The van der Waals surface area contributed by atoms with Gasteiger partial charge in [-0.1, -0.05) is 12.8 Å². The molecule has 2 saturated heterocycles. The minimum absolute atomic E-state index is 0.459. The number of nitriles is 1. The maximum atomic E-state index is 8.81. The molecule has 108 valence electrons. The molecule has 3 rings (SSSR count). The highest BCUT2D eigenvalue weighted by Crippen LogP contribution is 2.20.